The first-order valence-corrected chi connectivity index (χ1v) is 7.10. The Labute approximate surface area is 129 Å². The number of carbonyl (C=O) groups is 1. The number of hydrogen-bond acceptors (Lipinski definition) is 6. The molecule has 2 amide bonds. The maximum Gasteiger partial charge on any atom is 0.316 e. The van der Waals surface area contributed by atoms with Crippen LogP contribution in [0.5, 0.6) is 5.75 Å². The summed E-state index contributed by atoms with van der Waals surface area (Å²) in [6.07, 6.45) is 1.23. The van der Waals surface area contributed by atoms with Crippen molar-refractivity contribution in [1.29, 1.82) is 0 Å². The Hall–Kier alpha value is -2.87. The molecule has 3 N–H and O–H groups in total. The third kappa shape index (κ3) is 2.77. The van der Waals surface area contributed by atoms with E-state index in [1.54, 1.807) is 7.11 Å². The standard InChI is InChI=1S/C14H12N4O3S/c1-20-9-4-2-8(3-5-9)11-6-10(17-14(15)19)12(22-11)13-18-16-7-21-13/h2-7H,1H3,(H3,15,17,19). The van der Waals surface area contributed by atoms with Crippen molar-refractivity contribution in [2.75, 3.05) is 12.4 Å². The van der Waals surface area contributed by atoms with Gasteiger partial charge >= 0.3 is 6.03 Å². The zero-order valence-electron chi connectivity index (χ0n) is 11.6. The van der Waals surface area contributed by atoms with Crippen molar-refractivity contribution in [3.8, 4) is 27.0 Å². The largest absolute Gasteiger partial charge is 0.497 e. The number of nitrogens with zero attached hydrogens (tertiary/aromatic N) is 2. The van der Waals surface area contributed by atoms with E-state index in [9.17, 15) is 4.79 Å². The highest BCUT2D eigenvalue weighted by atomic mass is 32.1. The molecule has 0 spiro atoms. The van der Waals surface area contributed by atoms with E-state index in [2.05, 4.69) is 15.5 Å². The molecular formula is C14H12N4O3S. The van der Waals surface area contributed by atoms with E-state index in [-0.39, 0.29) is 0 Å². The smallest absolute Gasteiger partial charge is 0.316 e. The van der Waals surface area contributed by atoms with Crippen LogP contribution in [0.25, 0.3) is 21.2 Å². The minimum absolute atomic E-state index is 0.327. The second kappa shape index (κ2) is 5.86. The van der Waals surface area contributed by atoms with Crippen LogP contribution in [0.2, 0.25) is 0 Å². The van der Waals surface area contributed by atoms with Crippen LogP contribution in [-0.4, -0.2) is 23.3 Å². The topological polar surface area (TPSA) is 103 Å². The summed E-state index contributed by atoms with van der Waals surface area (Å²) in [5, 5.41) is 10.1. The Morgan fingerprint density at radius 1 is 1.36 bits per heavy atom. The number of methoxy groups -OCH3 is 1. The monoisotopic (exact) mass is 316 g/mol. The van der Waals surface area contributed by atoms with Crippen molar-refractivity contribution in [3.05, 3.63) is 36.7 Å². The number of rotatable bonds is 4. The van der Waals surface area contributed by atoms with Crippen LogP contribution in [-0.2, 0) is 0 Å². The Bertz CT molecular complexity index is 781. The molecule has 0 saturated carbocycles. The van der Waals surface area contributed by atoms with E-state index in [1.165, 1.54) is 17.7 Å². The van der Waals surface area contributed by atoms with Gasteiger partial charge in [0.05, 0.1) is 12.8 Å². The number of nitrogens with one attached hydrogen (secondary N) is 1. The molecule has 2 heterocycles. The van der Waals surface area contributed by atoms with E-state index in [4.69, 9.17) is 14.9 Å². The Morgan fingerprint density at radius 2 is 2.14 bits per heavy atom. The van der Waals surface area contributed by atoms with Crippen LogP contribution in [0, 0.1) is 0 Å². The van der Waals surface area contributed by atoms with Gasteiger partial charge in [-0.2, -0.15) is 0 Å². The molecule has 112 valence electrons. The first-order chi connectivity index (χ1) is 10.7. The van der Waals surface area contributed by atoms with E-state index in [1.807, 2.05) is 30.3 Å². The summed E-state index contributed by atoms with van der Waals surface area (Å²) in [7, 11) is 1.61. The summed E-state index contributed by atoms with van der Waals surface area (Å²) in [5.74, 6) is 1.10. The molecule has 0 bridgehead atoms. The molecular weight excluding hydrogens is 304 g/mol. The number of nitrogens with two attached hydrogens (primary N) is 1. The Morgan fingerprint density at radius 3 is 2.73 bits per heavy atom. The maximum absolute atomic E-state index is 11.2. The van der Waals surface area contributed by atoms with Crippen LogP contribution in [0.1, 0.15) is 0 Å². The highest BCUT2D eigenvalue weighted by Gasteiger charge is 2.17. The van der Waals surface area contributed by atoms with Crippen LogP contribution in [0.4, 0.5) is 10.5 Å². The van der Waals surface area contributed by atoms with Crippen LogP contribution in [0.3, 0.4) is 0 Å². The molecule has 3 rings (SSSR count). The van der Waals surface area contributed by atoms with Crippen molar-refractivity contribution in [3.63, 3.8) is 0 Å². The highest BCUT2D eigenvalue weighted by molar-refractivity contribution is 7.19. The van der Waals surface area contributed by atoms with Crippen molar-refractivity contribution < 1.29 is 13.9 Å². The van der Waals surface area contributed by atoms with Gasteiger partial charge in [0, 0.05) is 4.88 Å². The lowest BCUT2D eigenvalue weighted by Crippen LogP contribution is -2.19. The average Bonchev–Trinajstić information content (AvgIpc) is 3.16. The summed E-state index contributed by atoms with van der Waals surface area (Å²) in [6.45, 7) is 0. The van der Waals surface area contributed by atoms with Gasteiger partial charge in [-0.05, 0) is 35.9 Å². The second-order valence-electron chi connectivity index (χ2n) is 4.32. The zero-order chi connectivity index (χ0) is 15.5. The molecule has 0 unspecified atom stereocenters. The summed E-state index contributed by atoms with van der Waals surface area (Å²) < 4.78 is 10.3. The summed E-state index contributed by atoms with van der Waals surface area (Å²) in [5.41, 5.74) is 6.71. The van der Waals surface area contributed by atoms with Gasteiger partial charge in [0.1, 0.15) is 10.6 Å². The van der Waals surface area contributed by atoms with Crippen molar-refractivity contribution in [2.24, 2.45) is 5.73 Å². The van der Waals surface area contributed by atoms with Gasteiger partial charge < -0.3 is 20.2 Å². The molecule has 7 nitrogen and oxygen atoms in total. The zero-order valence-corrected chi connectivity index (χ0v) is 12.4. The molecule has 0 fully saturated rings. The number of hydrogen-bond donors (Lipinski definition) is 2. The molecule has 22 heavy (non-hydrogen) atoms. The number of primary amides is 1. The number of benzene rings is 1. The van der Waals surface area contributed by atoms with Crippen LogP contribution < -0.4 is 15.8 Å². The lowest BCUT2D eigenvalue weighted by atomic mass is 10.2. The lowest BCUT2D eigenvalue weighted by Gasteiger charge is -2.00. The molecule has 1 aromatic carbocycles. The van der Waals surface area contributed by atoms with E-state index in [0.29, 0.717) is 16.5 Å². The molecule has 0 aliphatic rings. The number of carbonyl (C=O) groups excluding carboxylic acids is 1. The predicted molar refractivity (Wildman–Crippen MR) is 82.8 cm³/mol. The molecule has 0 radical (unpaired) electrons. The fourth-order valence-electron chi connectivity index (χ4n) is 1.95. The molecule has 0 aliphatic carbocycles. The lowest BCUT2D eigenvalue weighted by molar-refractivity contribution is 0.259. The fraction of sp³-hybridized carbons (Fsp3) is 0.0714. The number of ether oxygens (including phenoxy) is 1. The van der Waals surface area contributed by atoms with Crippen LogP contribution >= 0.6 is 11.3 Å². The molecule has 0 saturated heterocycles. The molecule has 2 aromatic heterocycles. The number of urea groups is 1. The van der Waals surface area contributed by atoms with Crippen LogP contribution in [0.15, 0.2) is 41.1 Å². The Kier molecular flexibility index (Phi) is 3.75. The Balaban J connectivity index is 2.03. The van der Waals surface area contributed by atoms with Gasteiger partial charge in [-0.3, -0.25) is 0 Å². The first-order valence-electron chi connectivity index (χ1n) is 6.28. The SMILES string of the molecule is COc1ccc(-c2cc(NC(N)=O)c(-c3nnco3)s2)cc1. The van der Waals surface area contributed by atoms with Crippen molar-refractivity contribution in [2.45, 2.75) is 0 Å². The third-order valence-corrected chi connectivity index (χ3v) is 4.09. The van der Waals surface area contributed by atoms with E-state index >= 15 is 0 Å². The van der Waals surface area contributed by atoms with Gasteiger partial charge in [-0.15, -0.1) is 21.5 Å². The third-order valence-electron chi connectivity index (χ3n) is 2.92. The average molecular weight is 316 g/mol. The molecule has 0 aliphatic heterocycles. The normalized spacial score (nSPS) is 10.4. The van der Waals surface area contributed by atoms with Gasteiger partial charge in [-0.1, -0.05) is 0 Å². The maximum atomic E-state index is 11.2. The number of aromatic nitrogens is 2. The van der Waals surface area contributed by atoms with Gasteiger partial charge in [0.25, 0.3) is 5.89 Å². The van der Waals surface area contributed by atoms with Crippen molar-refractivity contribution >= 4 is 23.1 Å². The highest BCUT2D eigenvalue weighted by Crippen LogP contribution is 2.40. The number of thiophene rings is 1. The molecule has 8 heteroatoms. The first kappa shape index (κ1) is 14.1. The van der Waals surface area contributed by atoms with Gasteiger partial charge in [0.15, 0.2) is 0 Å². The van der Waals surface area contributed by atoms with E-state index < -0.39 is 6.03 Å². The second-order valence-corrected chi connectivity index (χ2v) is 5.37. The van der Waals surface area contributed by atoms with Gasteiger partial charge in [0.2, 0.25) is 6.39 Å². The minimum atomic E-state index is -0.653. The van der Waals surface area contributed by atoms with Gasteiger partial charge in [-0.25, -0.2) is 4.79 Å². The number of anilines is 1. The summed E-state index contributed by atoms with van der Waals surface area (Å²) >= 11 is 1.42. The summed E-state index contributed by atoms with van der Waals surface area (Å²) in [6, 6.07) is 8.74. The quantitative estimate of drug-likeness (QED) is 0.770. The summed E-state index contributed by atoms with van der Waals surface area (Å²) in [4.78, 5) is 12.7. The molecule has 0 atom stereocenters. The minimum Gasteiger partial charge on any atom is -0.497 e. The number of amides is 2. The molecule has 3 aromatic rings. The fourth-order valence-corrected chi connectivity index (χ4v) is 2.99. The predicted octanol–water partition coefficient (Wildman–Crippen LogP) is 2.96. The van der Waals surface area contributed by atoms with Crippen molar-refractivity contribution in [1.82, 2.24) is 10.2 Å². The van der Waals surface area contributed by atoms with E-state index in [0.717, 1.165) is 16.2 Å².